The number of nitrogens with one attached hydrogen (secondary N) is 1. The highest BCUT2D eigenvalue weighted by Crippen LogP contribution is 2.31. The Labute approximate surface area is 137 Å². The zero-order valence-electron chi connectivity index (χ0n) is 14.0. The Morgan fingerprint density at radius 3 is 2.39 bits per heavy atom. The Hall–Kier alpha value is -2.15. The maximum atomic E-state index is 12.0. The number of urea groups is 1. The van der Waals surface area contributed by atoms with Crippen molar-refractivity contribution in [2.24, 2.45) is 0 Å². The van der Waals surface area contributed by atoms with Gasteiger partial charge in [0.1, 0.15) is 0 Å². The van der Waals surface area contributed by atoms with E-state index in [1.54, 1.807) is 21.3 Å². The highest BCUT2D eigenvalue weighted by atomic mass is 16.5. The van der Waals surface area contributed by atoms with Gasteiger partial charge in [-0.2, -0.15) is 0 Å². The van der Waals surface area contributed by atoms with Gasteiger partial charge >= 0.3 is 6.03 Å². The number of methoxy groups -OCH3 is 3. The van der Waals surface area contributed by atoms with Crippen molar-refractivity contribution in [3.63, 3.8) is 0 Å². The second-order valence-corrected chi connectivity index (χ2v) is 5.24. The average molecular weight is 323 g/mol. The fourth-order valence-corrected chi connectivity index (χ4v) is 2.56. The normalized spacial score (nSPS) is 14.6. The number of ether oxygens (including phenoxy) is 3. The molecular weight excluding hydrogens is 298 g/mol. The Balaban J connectivity index is 1.90. The standard InChI is InChI=1S/C16H25N3O4/c1-21-11-6-17-16(20)19-9-7-18(8-10-19)13-4-5-14(22-2)15(12-13)23-3/h4-5,12H,6-11H2,1-3H3,(H,17,20). The number of nitrogens with zero attached hydrogens (tertiary/aromatic N) is 2. The molecule has 1 heterocycles. The Morgan fingerprint density at radius 2 is 1.78 bits per heavy atom. The second-order valence-electron chi connectivity index (χ2n) is 5.24. The Bertz CT molecular complexity index is 516. The van der Waals surface area contributed by atoms with Gasteiger partial charge in [-0.25, -0.2) is 4.79 Å². The van der Waals surface area contributed by atoms with Crippen LogP contribution in [0.4, 0.5) is 10.5 Å². The van der Waals surface area contributed by atoms with Gasteiger partial charge in [0.2, 0.25) is 0 Å². The smallest absolute Gasteiger partial charge is 0.317 e. The number of benzene rings is 1. The average Bonchev–Trinajstić information content (AvgIpc) is 2.61. The maximum absolute atomic E-state index is 12.0. The molecule has 1 aromatic rings. The molecule has 7 heteroatoms. The van der Waals surface area contributed by atoms with E-state index in [0.717, 1.165) is 18.8 Å². The predicted molar refractivity (Wildman–Crippen MR) is 88.6 cm³/mol. The lowest BCUT2D eigenvalue weighted by atomic mass is 10.2. The first-order valence-electron chi connectivity index (χ1n) is 7.68. The van der Waals surface area contributed by atoms with Gasteiger partial charge < -0.3 is 29.3 Å². The first-order chi connectivity index (χ1) is 11.2. The van der Waals surface area contributed by atoms with E-state index < -0.39 is 0 Å². The highest BCUT2D eigenvalue weighted by Gasteiger charge is 2.21. The van der Waals surface area contributed by atoms with Gasteiger partial charge in [-0.1, -0.05) is 0 Å². The van der Waals surface area contributed by atoms with Crippen LogP contribution in [0.1, 0.15) is 0 Å². The third kappa shape index (κ3) is 4.41. The van der Waals surface area contributed by atoms with Crippen molar-refractivity contribution in [3.05, 3.63) is 18.2 Å². The van der Waals surface area contributed by atoms with Gasteiger partial charge in [-0.3, -0.25) is 0 Å². The summed E-state index contributed by atoms with van der Waals surface area (Å²) in [7, 11) is 4.87. The van der Waals surface area contributed by atoms with Crippen molar-refractivity contribution in [1.82, 2.24) is 10.2 Å². The monoisotopic (exact) mass is 323 g/mol. The number of carbonyl (C=O) groups excluding carboxylic acids is 1. The summed E-state index contributed by atoms with van der Waals surface area (Å²) in [6, 6.07) is 5.84. The molecule has 1 aliphatic rings. The summed E-state index contributed by atoms with van der Waals surface area (Å²) in [6.45, 7) is 4.00. The van der Waals surface area contributed by atoms with Gasteiger partial charge in [-0.05, 0) is 12.1 Å². The molecule has 2 rings (SSSR count). The number of anilines is 1. The number of hydrogen-bond donors (Lipinski definition) is 1. The van der Waals surface area contributed by atoms with E-state index >= 15 is 0 Å². The van der Waals surface area contributed by atoms with Crippen molar-refractivity contribution in [2.75, 3.05) is 65.6 Å². The molecule has 128 valence electrons. The number of rotatable bonds is 6. The molecule has 1 N–H and O–H groups in total. The van der Waals surface area contributed by atoms with Gasteiger partial charge in [0.05, 0.1) is 20.8 Å². The fourth-order valence-electron chi connectivity index (χ4n) is 2.56. The quantitative estimate of drug-likeness (QED) is 0.797. The van der Waals surface area contributed by atoms with Crippen LogP contribution < -0.4 is 19.7 Å². The van der Waals surface area contributed by atoms with Crippen molar-refractivity contribution >= 4 is 11.7 Å². The van der Waals surface area contributed by atoms with Crippen LogP contribution in [-0.4, -0.2) is 71.6 Å². The second kappa shape index (κ2) is 8.47. The highest BCUT2D eigenvalue weighted by molar-refractivity contribution is 5.74. The molecule has 0 aromatic heterocycles. The van der Waals surface area contributed by atoms with E-state index in [2.05, 4.69) is 10.2 Å². The summed E-state index contributed by atoms with van der Waals surface area (Å²) in [5.41, 5.74) is 1.07. The minimum absolute atomic E-state index is 0.0333. The van der Waals surface area contributed by atoms with Crippen molar-refractivity contribution in [3.8, 4) is 11.5 Å². The van der Waals surface area contributed by atoms with Gasteiger partial charge in [-0.15, -0.1) is 0 Å². The van der Waals surface area contributed by atoms with E-state index in [-0.39, 0.29) is 6.03 Å². The molecular formula is C16H25N3O4. The molecule has 0 aliphatic carbocycles. The molecule has 1 saturated heterocycles. The summed E-state index contributed by atoms with van der Waals surface area (Å²) in [5.74, 6) is 1.43. The zero-order chi connectivity index (χ0) is 16.7. The van der Waals surface area contributed by atoms with Gasteiger partial charge in [0, 0.05) is 51.6 Å². The third-order valence-corrected chi connectivity index (χ3v) is 3.88. The first kappa shape index (κ1) is 17.2. The molecule has 0 spiro atoms. The fraction of sp³-hybridized carbons (Fsp3) is 0.562. The molecule has 0 bridgehead atoms. The van der Waals surface area contributed by atoms with E-state index in [4.69, 9.17) is 14.2 Å². The number of amides is 2. The van der Waals surface area contributed by atoms with Crippen LogP contribution in [0.3, 0.4) is 0 Å². The predicted octanol–water partition coefficient (Wildman–Crippen LogP) is 1.18. The van der Waals surface area contributed by atoms with Crippen LogP contribution >= 0.6 is 0 Å². The molecule has 1 aromatic carbocycles. The topological polar surface area (TPSA) is 63.3 Å². The molecule has 0 unspecified atom stereocenters. The zero-order valence-corrected chi connectivity index (χ0v) is 14.0. The number of carbonyl (C=O) groups is 1. The van der Waals surface area contributed by atoms with E-state index in [9.17, 15) is 4.79 Å². The largest absolute Gasteiger partial charge is 0.493 e. The van der Waals surface area contributed by atoms with Gasteiger partial charge in [0.25, 0.3) is 0 Å². The van der Waals surface area contributed by atoms with Crippen LogP contribution in [0.2, 0.25) is 0 Å². The summed E-state index contributed by atoms with van der Waals surface area (Å²) in [4.78, 5) is 16.1. The van der Waals surface area contributed by atoms with Crippen LogP contribution in [0.5, 0.6) is 11.5 Å². The molecule has 23 heavy (non-hydrogen) atoms. The maximum Gasteiger partial charge on any atom is 0.317 e. The summed E-state index contributed by atoms with van der Waals surface area (Å²) in [6.07, 6.45) is 0. The third-order valence-electron chi connectivity index (χ3n) is 3.88. The minimum atomic E-state index is -0.0333. The van der Waals surface area contributed by atoms with E-state index in [0.29, 0.717) is 37.7 Å². The molecule has 1 aliphatic heterocycles. The van der Waals surface area contributed by atoms with Crippen LogP contribution in [0.15, 0.2) is 18.2 Å². The summed E-state index contributed by atoms with van der Waals surface area (Å²) in [5, 5.41) is 2.85. The van der Waals surface area contributed by atoms with Crippen molar-refractivity contribution in [1.29, 1.82) is 0 Å². The van der Waals surface area contributed by atoms with Crippen LogP contribution in [-0.2, 0) is 4.74 Å². The van der Waals surface area contributed by atoms with Gasteiger partial charge in [0.15, 0.2) is 11.5 Å². The lowest BCUT2D eigenvalue weighted by Gasteiger charge is -2.36. The molecule has 2 amide bonds. The Morgan fingerprint density at radius 1 is 1.09 bits per heavy atom. The first-order valence-corrected chi connectivity index (χ1v) is 7.68. The molecule has 0 atom stereocenters. The molecule has 0 radical (unpaired) electrons. The van der Waals surface area contributed by atoms with Crippen molar-refractivity contribution in [2.45, 2.75) is 0 Å². The van der Waals surface area contributed by atoms with E-state index in [1.165, 1.54) is 0 Å². The lowest BCUT2D eigenvalue weighted by Crippen LogP contribution is -2.52. The minimum Gasteiger partial charge on any atom is -0.493 e. The van der Waals surface area contributed by atoms with Crippen LogP contribution in [0.25, 0.3) is 0 Å². The van der Waals surface area contributed by atoms with Crippen molar-refractivity contribution < 1.29 is 19.0 Å². The number of hydrogen-bond acceptors (Lipinski definition) is 5. The lowest BCUT2D eigenvalue weighted by molar-refractivity contribution is 0.177. The van der Waals surface area contributed by atoms with Crippen LogP contribution in [0, 0.1) is 0 Å². The molecule has 7 nitrogen and oxygen atoms in total. The Kier molecular flexibility index (Phi) is 6.34. The van der Waals surface area contributed by atoms with E-state index in [1.807, 2.05) is 23.1 Å². The summed E-state index contributed by atoms with van der Waals surface area (Å²) >= 11 is 0. The molecule has 1 fully saturated rings. The molecule has 0 saturated carbocycles. The summed E-state index contributed by atoms with van der Waals surface area (Å²) < 4.78 is 15.5. The SMILES string of the molecule is COCCNC(=O)N1CCN(c2ccc(OC)c(OC)c2)CC1. The number of piperazine rings is 1.